The number of benzene rings is 3. The number of fused-ring (bicyclic) bond motifs is 1. The third-order valence-corrected chi connectivity index (χ3v) is 4.78. The second-order valence-electron chi connectivity index (χ2n) is 6.97. The smallest absolute Gasteiger partial charge is 0.251 e. The number of nitrogens with one attached hydrogen (secondary N) is 2. The van der Waals surface area contributed by atoms with E-state index in [1.54, 1.807) is 24.3 Å². The number of hydrogen-bond donors (Lipinski definition) is 2. The molecule has 0 radical (unpaired) electrons. The highest BCUT2D eigenvalue weighted by Gasteiger charge is 2.22. The van der Waals surface area contributed by atoms with Gasteiger partial charge in [-0.25, -0.2) is 0 Å². The maximum Gasteiger partial charge on any atom is 0.251 e. The summed E-state index contributed by atoms with van der Waals surface area (Å²) in [5.74, 6) is 1.04. The first kappa shape index (κ1) is 19.5. The molecule has 3 aromatic rings. The lowest BCUT2D eigenvalue weighted by Gasteiger charge is -2.23. The van der Waals surface area contributed by atoms with Gasteiger partial charge < -0.3 is 20.1 Å². The van der Waals surface area contributed by atoms with Gasteiger partial charge in [-0.15, -0.1) is 0 Å². The molecular formula is C24H22N2O4. The normalized spacial score (nSPS) is 13.2. The highest BCUT2D eigenvalue weighted by Crippen LogP contribution is 2.34. The Kier molecular flexibility index (Phi) is 5.66. The van der Waals surface area contributed by atoms with Gasteiger partial charge in [-0.1, -0.05) is 42.5 Å². The van der Waals surface area contributed by atoms with Gasteiger partial charge in [0.15, 0.2) is 17.3 Å². The zero-order valence-electron chi connectivity index (χ0n) is 16.6. The molecule has 0 saturated heterocycles. The number of amides is 1. The summed E-state index contributed by atoms with van der Waals surface area (Å²) in [4.78, 5) is 24.8. The van der Waals surface area contributed by atoms with Crippen LogP contribution in [0.1, 0.15) is 28.9 Å². The quantitative estimate of drug-likeness (QED) is 0.596. The molecule has 0 saturated carbocycles. The van der Waals surface area contributed by atoms with Gasteiger partial charge in [0, 0.05) is 23.0 Å². The van der Waals surface area contributed by atoms with Gasteiger partial charge in [-0.3, -0.25) is 9.59 Å². The molecule has 4 rings (SSSR count). The molecule has 152 valence electrons. The lowest BCUT2D eigenvalue weighted by molar-refractivity contribution is -0.117. The molecule has 0 aromatic heterocycles. The molecule has 30 heavy (non-hydrogen) atoms. The predicted octanol–water partition coefficient (Wildman–Crippen LogP) is 4.45. The molecule has 0 bridgehead atoms. The summed E-state index contributed by atoms with van der Waals surface area (Å²) in [5, 5.41) is 6.20. The second-order valence-corrected chi connectivity index (χ2v) is 6.97. The van der Waals surface area contributed by atoms with E-state index in [0.29, 0.717) is 36.0 Å². The summed E-state index contributed by atoms with van der Waals surface area (Å²) in [6, 6.07) is 21.2. The monoisotopic (exact) mass is 402 g/mol. The van der Waals surface area contributed by atoms with Crippen molar-refractivity contribution in [1.29, 1.82) is 0 Å². The Morgan fingerprint density at radius 2 is 1.60 bits per heavy atom. The molecule has 0 aliphatic carbocycles. The van der Waals surface area contributed by atoms with Crippen LogP contribution in [0.4, 0.5) is 11.4 Å². The van der Waals surface area contributed by atoms with Gasteiger partial charge in [-0.2, -0.15) is 0 Å². The van der Waals surface area contributed by atoms with Gasteiger partial charge in [0.2, 0.25) is 0 Å². The van der Waals surface area contributed by atoms with E-state index in [2.05, 4.69) is 10.6 Å². The number of ether oxygens (including phenoxy) is 2. The fourth-order valence-corrected chi connectivity index (χ4v) is 3.28. The van der Waals surface area contributed by atoms with Crippen LogP contribution in [0.3, 0.4) is 0 Å². The van der Waals surface area contributed by atoms with Crippen molar-refractivity contribution < 1.29 is 19.1 Å². The maximum absolute atomic E-state index is 13.2. The molecule has 1 atom stereocenters. The van der Waals surface area contributed by atoms with E-state index in [4.69, 9.17) is 9.47 Å². The van der Waals surface area contributed by atoms with Gasteiger partial charge in [-0.05, 0) is 36.8 Å². The van der Waals surface area contributed by atoms with Crippen LogP contribution in [0.25, 0.3) is 0 Å². The van der Waals surface area contributed by atoms with Crippen LogP contribution in [-0.2, 0) is 4.79 Å². The largest absolute Gasteiger partial charge is 0.486 e. The van der Waals surface area contributed by atoms with Gasteiger partial charge >= 0.3 is 0 Å². The zero-order chi connectivity index (χ0) is 20.9. The summed E-state index contributed by atoms with van der Waals surface area (Å²) < 4.78 is 11.2. The molecule has 2 N–H and O–H groups in total. The van der Waals surface area contributed by atoms with Crippen LogP contribution in [0.2, 0.25) is 0 Å². The average Bonchev–Trinajstić information content (AvgIpc) is 2.78. The second kappa shape index (κ2) is 8.69. The molecule has 6 heteroatoms. The Hall–Kier alpha value is -3.80. The maximum atomic E-state index is 13.2. The van der Waals surface area contributed by atoms with E-state index < -0.39 is 6.04 Å². The molecule has 1 aliphatic rings. The standard InChI is InChI=1S/C24H22N2O4/c1-16(27)18-8-5-9-19(14-18)26-24(28)23(17-6-3-2-4-7-17)25-20-10-11-21-22(15-20)30-13-12-29-21/h2-11,14-15,23,25H,12-13H2,1H3,(H,26,28)/t23-/m1/s1. The van der Waals surface area contributed by atoms with Crippen molar-refractivity contribution in [2.75, 3.05) is 23.8 Å². The minimum absolute atomic E-state index is 0.0555. The fraction of sp³-hybridized carbons (Fsp3) is 0.167. The van der Waals surface area contributed by atoms with E-state index in [1.165, 1.54) is 6.92 Å². The topological polar surface area (TPSA) is 76.7 Å². The Morgan fingerprint density at radius 3 is 2.37 bits per heavy atom. The van der Waals surface area contributed by atoms with E-state index in [-0.39, 0.29) is 11.7 Å². The zero-order valence-corrected chi connectivity index (χ0v) is 16.6. The van der Waals surface area contributed by atoms with Crippen LogP contribution in [0.5, 0.6) is 11.5 Å². The minimum atomic E-state index is -0.644. The first-order valence-electron chi connectivity index (χ1n) is 9.73. The molecule has 0 unspecified atom stereocenters. The Morgan fingerprint density at radius 1 is 0.833 bits per heavy atom. The van der Waals surface area contributed by atoms with Crippen molar-refractivity contribution in [3.63, 3.8) is 0 Å². The van der Waals surface area contributed by atoms with Crippen molar-refractivity contribution in [2.24, 2.45) is 0 Å². The predicted molar refractivity (Wildman–Crippen MR) is 115 cm³/mol. The molecular weight excluding hydrogens is 380 g/mol. The highest BCUT2D eigenvalue weighted by atomic mass is 16.6. The van der Waals surface area contributed by atoms with Crippen molar-refractivity contribution in [3.05, 3.63) is 83.9 Å². The van der Waals surface area contributed by atoms with Gasteiger partial charge in [0.05, 0.1) is 0 Å². The number of hydrogen-bond acceptors (Lipinski definition) is 5. The minimum Gasteiger partial charge on any atom is -0.486 e. The summed E-state index contributed by atoms with van der Waals surface area (Å²) in [6.07, 6.45) is 0. The molecule has 6 nitrogen and oxygen atoms in total. The van der Waals surface area contributed by atoms with E-state index >= 15 is 0 Å². The summed E-state index contributed by atoms with van der Waals surface area (Å²) in [7, 11) is 0. The van der Waals surface area contributed by atoms with Crippen LogP contribution in [0.15, 0.2) is 72.8 Å². The van der Waals surface area contributed by atoms with E-state index in [1.807, 2.05) is 48.5 Å². The van der Waals surface area contributed by atoms with Crippen molar-refractivity contribution in [2.45, 2.75) is 13.0 Å². The summed E-state index contributed by atoms with van der Waals surface area (Å²) in [5.41, 5.74) is 2.66. The molecule has 3 aromatic carbocycles. The lowest BCUT2D eigenvalue weighted by atomic mass is 10.0. The number of ketones is 1. The first-order valence-corrected chi connectivity index (χ1v) is 9.73. The van der Waals surface area contributed by atoms with E-state index in [0.717, 1.165) is 11.3 Å². The molecule has 1 aliphatic heterocycles. The van der Waals surface area contributed by atoms with Gasteiger partial charge in [0.25, 0.3) is 5.91 Å². The van der Waals surface area contributed by atoms with Crippen LogP contribution >= 0.6 is 0 Å². The van der Waals surface area contributed by atoms with Crippen LogP contribution in [-0.4, -0.2) is 24.9 Å². The fourth-order valence-electron chi connectivity index (χ4n) is 3.28. The average molecular weight is 402 g/mol. The number of carbonyl (C=O) groups excluding carboxylic acids is 2. The third-order valence-electron chi connectivity index (χ3n) is 4.78. The first-order chi connectivity index (χ1) is 14.6. The van der Waals surface area contributed by atoms with Crippen LogP contribution in [0, 0.1) is 0 Å². The van der Waals surface area contributed by atoms with E-state index in [9.17, 15) is 9.59 Å². The summed E-state index contributed by atoms with van der Waals surface area (Å²) in [6.45, 7) is 2.51. The number of Topliss-reactive ketones (excluding diaryl/α,β-unsaturated/α-hetero) is 1. The number of carbonyl (C=O) groups is 2. The number of anilines is 2. The molecule has 1 heterocycles. The van der Waals surface area contributed by atoms with Crippen molar-refractivity contribution in [1.82, 2.24) is 0 Å². The SMILES string of the molecule is CC(=O)c1cccc(NC(=O)[C@H](Nc2ccc3c(c2)OCCO3)c2ccccc2)c1. The summed E-state index contributed by atoms with van der Waals surface area (Å²) >= 11 is 0. The molecule has 1 amide bonds. The van der Waals surface area contributed by atoms with Crippen LogP contribution < -0.4 is 20.1 Å². The number of rotatable bonds is 6. The Balaban J connectivity index is 1.59. The third kappa shape index (κ3) is 4.43. The Bertz CT molecular complexity index is 1070. The highest BCUT2D eigenvalue weighted by molar-refractivity contribution is 5.99. The molecule has 0 fully saturated rings. The lowest BCUT2D eigenvalue weighted by Crippen LogP contribution is -2.27. The molecule has 0 spiro atoms. The Labute approximate surface area is 174 Å². The van der Waals surface area contributed by atoms with Crippen molar-refractivity contribution in [3.8, 4) is 11.5 Å². The van der Waals surface area contributed by atoms with Gasteiger partial charge in [0.1, 0.15) is 19.3 Å². The van der Waals surface area contributed by atoms with Crippen molar-refractivity contribution >= 4 is 23.1 Å².